The molecule has 0 saturated carbocycles. The fourth-order valence-corrected chi connectivity index (χ4v) is 2.62. The molecule has 0 radical (unpaired) electrons. The van der Waals surface area contributed by atoms with E-state index in [1.165, 1.54) is 38.5 Å². The standard InChI is InChI=1S/C17H38NO3/c1-5-6-7-8-9-11-14-18(3,21-20-4)15-12-10-13-17(2)16-19/h17,19H,5-16H2,1-4H3/q+1. The number of nitrogens with zero attached hydrogens (tertiary/aromatic N) is 1. The van der Waals surface area contributed by atoms with E-state index in [9.17, 15) is 0 Å². The van der Waals surface area contributed by atoms with Crippen molar-refractivity contribution in [2.75, 3.05) is 33.9 Å². The average Bonchev–Trinajstić information content (AvgIpc) is 2.47. The van der Waals surface area contributed by atoms with Gasteiger partial charge in [0.2, 0.25) is 0 Å². The van der Waals surface area contributed by atoms with Crippen LogP contribution in [0.25, 0.3) is 0 Å². The zero-order valence-corrected chi connectivity index (χ0v) is 14.8. The number of unbranched alkanes of at least 4 members (excludes halogenated alkanes) is 6. The smallest absolute Gasteiger partial charge is 0.112 e. The fourth-order valence-electron chi connectivity index (χ4n) is 2.62. The van der Waals surface area contributed by atoms with Crippen LogP contribution in [0.3, 0.4) is 0 Å². The Morgan fingerprint density at radius 2 is 1.52 bits per heavy atom. The molecule has 0 aliphatic carbocycles. The Balaban J connectivity index is 3.83. The number of aliphatic hydroxyl groups excluding tert-OH is 1. The molecular formula is C17H38NO3+. The van der Waals surface area contributed by atoms with Crippen LogP contribution in [0.15, 0.2) is 0 Å². The monoisotopic (exact) mass is 304 g/mol. The molecule has 1 N–H and O–H groups in total. The lowest BCUT2D eigenvalue weighted by atomic mass is 10.1. The second kappa shape index (κ2) is 13.5. The molecule has 0 saturated heterocycles. The molecule has 0 aliphatic rings. The Labute approximate surface area is 131 Å². The molecule has 0 aromatic carbocycles. The van der Waals surface area contributed by atoms with Crippen LogP contribution in [0, 0.1) is 5.92 Å². The molecule has 0 aromatic rings. The minimum Gasteiger partial charge on any atom is -0.396 e. The van der Waals surface area contributed by atoms with E-state index in [2.05, 4.69) is 20.9 Å². The van der Waals surface area contributed by atoms with E-state index in [4.69, 9.17) is 15.0 Å². The summed E-state index contributed by atoms with van der Waals surface area (Å²) in [6.45, 7) is 6.61. The van der Waals surface area contributed by atoms with Gasteiger partial charge in [-0.25, -0.2) is 0 Å². The topological polar surface area (TPSA) is 38.7 Å². The minimum absolute atomic E-state index is 0.290. The molecule has 0 fully saturated rings. The van der Waals surface area contributed by atoms with Crippen molar-refractivity contribution in [1.29, 1.82) is 0 Å². The molecule has 128 valence electrons. The molecule has 0 bridgehead atoms. The maximum atomic E-state index is 9.03. The average molecular weight is 304 g/mol. The first kappa shape index (κ1) is 20.8. The van der Waals surface area contributed by atoms with Crippen molar-refractivity contribution >= 4 is 0 Å². The highest BCUT2D eigenvalue weighted by molar-refractivity contribution is 4.50. The first-order chi connectivity index (χ1) is 10.1. The summed E-state index contributed by atoms with van der Waals surface area (Å²) < 4.78 is 0.539. The van der Waals surface area contributed by atoms with Crippen molar-refractivity contribution < 1.29 is 19.6 Å². The number of hydrogen-bond acceptors (Lipinski definition) is 3. The highest BCUT2D eigenvalue weighted by Crippen LogP contribution is 2.14. The van der Waals surface area contributed by atoms with Gasteiger partial charge in [-0.2, -0.15) is 4.89 Å². The fraction of sp³-hybridized carbons (Fsp3) is 1.00. The van der Waals surface area contributed by atoms with Crippen LogP contribution < -0.4 is 0 Å². The molecule has 0 aliphatic heterocycles. The summed E-state index contributed by atoms with van der Waals surface area (Å²) in [6.07, 6.45) is 11.1. The molecule has 0 amide bonds. The van der Waals surface area contributed by atoms with Crippen molar-refractivity contribution in [3.8, 4) is 0 Å². The predicted octanol–water partition coefficient (Wildman–Crippen LogP) is 4.09. The molecule has 4 nitrogen and oxygen atoms in total. The molecule has 21 heavy (non-hydrogen) atoms. The van der Waals surface area contributed by atoms with E-state index < -0.39 is 0 Å². The first-order valence-electron chi connectivity index (χ1n) is 8.75. The molecule has 0 heterocycles. The van der Waals surface area contributed by atoms with Crippen LogP contribution in [-0.4, -0.2) is 43.6 Å². The number of rotatable bonds is 15. The van der Waals surface area contributed by atoms with Gasteiger partial charge >= 0.3 is 0 Å². The van der Waals surface area contributed by atoms with Gasteiger partial charge in [0, 0.05) is 6.61 Å². The van der Waals surface area contributed by atoms with E-state index in [0.717, 1.165) is 32.4 Å². The summed E-state index contributed by atoms with van der Waals surface area (Å²) >= 11 is 0. The van der Waals surface area contributed by atoms with Crippen molar-refractivity contribution in [3.05, 3.63) is 0 Å². The predicted molar refractivity (Wildman–Crippen MR) is 87.5 cm³/mol. The zero-order chi connectivity index (χ0) is 16.0. The summed E-state index contributed by atoms with van der Waals surface area (Å²) in [6, 6.07) is 0. The Morgan fingerprint density at radius 3 is 2.10 bits per heavy atom. The van der Waals surface area contributed by atoms with E-state index in [-0.39, 0.29) is 0 Å². The van der Waals surface area contributed by atoms with Crippen molar-refractivity contribution in [2.24, 2.45) is 5.92 Å². The Kier molecular flexibility index (Phi) is 13.4. The second-order valence-corrected chi connectivity index (χ2v) is 6.54. The van der Waals surface area contributed by atoms with Gasteiger partial charge in [0.15, 0.2) is 0 Å². The second-order valence-electron chi connectivity index (χ2n) is 6.54. The van der Waals surface area contributed by atoms with Crippen LogP contribution in [0.5, 0.6) is 0 Å². The third-order valence-corrected chi connectivity index (χ3v) is 4.13. The highest BCUT2D eigenvalue weighted by atomic mass is 17.3. The lowest BCUT2D eigenvalue weighted by molar-refractivity contribution is -1.14. The number of quaternary nitrogens is 1. The molecule has 4 heteroatoms. The van der Waals surface area contributed by atoms with E-state index in [1.54, 1.807) is 7.11 Å². The van der Waals surface area contributed by atoms with Crippen molar-refractivity contribution in [3.63, 3.8) is 0 Å². The van der Waals surface area contributed by atoms with E-state index in [0.29, 0.717) is 17.2 Å². The van der Waals surface area contributed by atoms with Crippen molar-refractivity contribution in [1.82, 2.24) is 0 Å². The molecule has 0 aromatic heterocycles. The van der Waals surface area contributed by atoms with Gasteiger partial charge in [-0.1, -0.05) is 39.5 Å². The van der Waals surface area contributed by atoms with E-state index >= 15 is 0 Å². The van der Waals surface area contributed by atoms with Gasteiger partial charge in [0.05, 0.1) is 7.11 Å². The Bertz CT molecular complexity index is 226. The van der Waals surface area contributed by atoms with Crippen LogP contribution in [0.1, 0.15) is 71.6 Å². The summed E-state index contributed by atoms with van der Waals surface area (Å²) in [7, 11) is 3.69. The van der Waals surface area contributed by atoms with E-state index in [1.807, 2.05) is 0 Å². The van der Waals surface area contributed by atoms with Crippen LogP contribution in [0.4, 0.5) is 0 Å². The highest BCUT2D eigenvalue weighted by Gasteiger charge is 2.24. The number of hydrogen-bond donors (Lipinski definition) is 1. The van der Waals surface area contributed by atoms with Gasteiger partial charge in [0.25, 0.3) is 0 Å². The van der Waals surface area contributed by atoms with Crippen LogP contribution in [-0.2, 0) is 9.88 Å². The van der Waals surface area contributed by atoms with Crippen LogP contribution in [0.2, 0.25) is 0 Å². The summed E-state index contributed by atoms with van der Waals surface area (Å²) in [5, 5.41) is 9.03. The molecule has 2 unspecified atom stereocenters. The number of hydroxylamine groups is 3. The van der Waals surface area contributed by atoms with Gasteiger partial charge in [-0.3, -0.25) is 0 Å². The Hall–Kier alpha value is -0.160. The molecule has 0 spiro atoms. The van der Waals surface area contributed by atoms with Gasteiger partial charge in [-0.05, 0) is 43.0 Å². The summed E-state index contributed by atoms with van der Waals surface area (Å²) in [5.41, 5.74) is 0. The summed E-state index contributed by atoms with van der Waals surface area (Å²) in [5.74, 6) is 0.408. The van der Waals surface area contributed by atoms with Crippen molar-refractivity contribution in [2.45, 2.75) is 71.6 Å². The van der Waals surface area contributed by atoms with Gasteiger partial charge < -0.3 is 5.11 Å². The molecular weight excluding hydrogens is 266 g/mol. The maximum absolute atomic E-state index is 9.03. The van der Waals surface area contributed by atoms with Crippen LogP contribution >= 0.6 is 0 Å². The van der Waals surface area contributed by atoms with Gasteiger partial charge in [0.1, 0.15) is 20.1 Å². The third kappa shape index (κ3) is 12.1. The number of aliphatic hydroxyl groups is 1. The quantitative estimate of drug-likeness (QED) is 0.214. The SMILES string of the molecule is CCCCCCCC[N+](C)(CCCCC(C)CO)OOC. The first-order valence-corrected chi connectivity index (χ1v) is 8.75. The van der Waals surface area contributed by atoms with Gasteiger partial charge in [-0.15, -0.1) is 4.65 Å². The maximum Gasteiger partial charge on any atom is 0.112 e. The largest absolute Gasteiger partial charge is 0.396 e. The third-order valence-electron chi connectivity index (χ3n) is 4.13. The minimum atomic E-state index is 0.290. The molecule has 2 atom stereocenters. The lowest BCUT2D eigenvalue weighted by Crippen LogP contribution is -2.45. The zero-order valence-electron chi connectivity index (χ0n) is 14.8. The lowest BCUT2D eigenvalue weighted by Gasteiger charge is -2.29. The molecule has 0 rings (SSSR count). The normalized spacial score (nSPS) is 15.9. The Morgan fingerprint density at radius 1 is 0.952 bits per heavy atom. The summed E-state index contributed by atoms with van der Waals surface area (Å²) in [4.78, 5) is 10.4.